The molecule has 124 valence electrons. The van der Waals surface area contributed by atoms with Crippen LogP contribution in [0.5, 0.6) is 0 Å². The van der Waals surface area contributed by atoms with Gasteiger partial charge in [0.15, 0.2) is 5.65 Å². The van der Waals surface area contributed by atoms with Gasteiger partial charge in [-0.3, -0.25) is 9.89 Å². The number of aromatic nitrogens is 4. The fourth-order valence-corrected chi connectivity index (χ4v) is 3.72. The summed E-state index contributed by atoms with van der Waals surface area (Å²) in [7, 11) is 0. The zero-order chi connectivity index (χ0) is 16.4. The predicted octanol–water partition coefficient (Wildman–Crippen LogP) is 1.70. The summed E-state index contributed by atoms with van der Waals surface area (Å²) >= 11 is 1.71. The molecule has 4 rings (SSSR count). The Morgan fingerprint density at radius 3 is 2.92 bits per heavy atom. The number of hydrogen-bond acceptors (Lipinski definition) is 6. The summed E-state index contributed by atoms with van der Waals surface area (Å²) in [4.78, 5) is 26.4. The van der Waals surface area contributed by atoms with E-state index in [0.717, 1.165) is 49.5 Å². The topological polar surface area (TPSA) is 78.0 Å². The minimum absolute atomic E-state index is 0.235. The highest BCUT2D eigenvalue weighted by atomic mass is 32.1. The van der Waals surface area contributed by atoms with E-state index < -0.39 is 0 Å². The zero-order valence-corrected chi connectivity index (χ0v) is 14.0. The zero-order valence-electron chi connectivity index (χ0n) is 13.2. The van der Waals surface area contributed by atoms with Crippen LogP contribution in [0, 0.1) is 0 Å². The van der Waals surface area contributed by atoms with Gasteiger partial charge in [0.05, 0.1) is 11.6 Å². The highest BCUT2D eigenvalue weighted by Crippen LogP contribution is 2.22. The lowest BCUT2D eigenvalue weighted by molar-refractivity contribution is -0.131. The van der Waals surface area contributed by atoms with E-state index in [2.05, 4.69) is 36.5 Å². The molecule has 1 aliphatic rings. The molecule has 0 bridgehead atoms. The first-order valence-electron chi connectivity index (χ1n) is 8.00. The molecule has 1 amide bonds. The minimum atomic E-state index is 0.235. The third-order valence-electron chi connectivity index (χ3n) is 4.32. The Kier molecular flexibility index (Phi) is 4.12. The molecule has 7 nitrogen and oxygen atoms in total. The van der Waals surface area contributed by atoms with Crippen molar-refractivity contribution < 1.29 is 4.79 Å². The van der Waals surface area contributed by atoms with Crippen molar-refractivity contribution in [3.8, 4) is 0 Å². The largest absolute Gasteiger partial charge is 0.352 e. The van der Waals surface area contributed by atoms with Crippen molar-refractivity contribution >= 4 is 34.1 Å². The highest BCUT2D eigenvalue weighted by Gasteiger charge is 2.23. The summed E-state index contributed by atoms with van der Waals surface area (Å²) < 4.78 is 0. The smallest absolute Gasteiger partial charge is 0.223 e. The van der Waals surface area contributed by atoms with Crippen LogP contribution >= 0.6 is 11.3 Å². The number of nitrogens with zero attached hydrogens (tertiary/aromatic N) is 5. The summed E-state index contributed by atoms with van der Waals surface area (Å²) in [5, 5.41) is 9.87. The van der Waals surface area contributed by atoms with E-state index in [1.165, 1.54) is 4.88 Å². The minimum Gasteiger partial charge on any atom is -0.352 e. The van der Waals surface area contributed by atoms with Crippen LogP contribution in [0.2, 0.25) is 0 Å². The molecule has 0 unspecified atom stereocenters. The molecule has 4 heterocycles. The fourth-order valence-electron chi connectivity index (χ4n) is 3.01. The van der Waals surface area contributed by atoms with Crippen molar-refractivity contribution in [3.05, 3.63) is 34.9 Å². The molecule has 0 radical (unpaired) electrons. The Balaban J connectivity index is 1.36. The lowest BCUT2D eigenvalue weighted by atomic mass is 10.2. The molecule has 3 aromatic heterocycles. The maximum Gasteiger partial charge on any atom is 0.223 e. The number of hydrogen-bond donors (Lipinski definition) is 1. The number of carbonyl (C=O) groups is 1. The number of aryl methyl sites for hydroxylation is 1. The number of thiophene rings is 1. The van der Waals surface area contributed by atoms with E-state index in [1.54, 1.807) is 23.9 Å². The molecule has 1 N–H and O–H groups in total. The van der Waals surface area contributed by atoms with Gasteiger partial charge in [-0.15, -0.1) is 11.3 Å². The quantitative estimate of drug-likeness (QED) is 0.781. The van der Waals surface area contributed by atoms with Gasteiger partial charge < -0.3 is 9.80 Å². The maximum absolute atomic E-state index is 12.4. The van der Waals surface area contributed by atoms with Crippen molar-refractivity contribution in [1.82, 2.24) is 25.1 Å². The van der Waals surface area contributed by atoms with Gasteiger partial charge in [-0.25, -0.2) is 9.97 Å². The SMILES string of the molecule is O=C(CCc1cccs1)N1CCN(c2ncnc3[nH]ncc23)CC1. The van der Waals surface area contributed by atoms with Crippen LogP contribution in [0.1, 0.15) is 11.3 Å². The molecule has 1 aliphatic heterocycles. The molecule has 1 saturated heterocycles. The highest BCUT2D eigenvalue weighted by molar-refractivity contribution is 7.09. The first-order chi connectivity index (χ1) is 11.8. The molecule has 0 aromatic carbocycles. The van der Waals surface area contributed by atoms with Gasteiger partial charge in [0, 0.05) is 37.5 Å². The Morgan fingerprint density at radius 1 is 1.25 bits per heavy atom. The van der Waals surface area contributed by atoms with Crippen molar-refractivity contribution in [2.75, 3.05) is 31.1 Å². The van der Waals surface area contributed by atoms with Crippen LogP contribution in [-0.2, 0) is 11.2 Å². The monoisotopic (exact) mass is 342 g/mol. The van der Waals surface area contributed by atoms with Crippen LogP contribution in [0.3, 0.4) is 0 Å². The van der Waals surface area contributed by atoms with Crippen molar-refractivity contribution in [2.45, 2.75) is 12.8 Å². The molecule has 0 saturated carbocycles. The second-order valence-corrected chi connectivity index (χ2v) is 6.81. The van der Waals surface area contributed by atoms with Crippen molar-refractivity contribution in [1.29, 1.82) is 0 Å². The number of nitrogens with one attached hydrogen (secondary N) is 1. The van der Waals surface area contributed by atoms with E-state index >= 15 is 0 Å². The van der Waals surface area contributed by atoms with Crippen molar-refractivity contribution in [3.63, 3.8) is 0 Å². The van der Waals surface area contributed by atoms with Gasteiger partial charge in [0.2, 0.25) is 5.91 Å². The molecular weight excluding hydrogens is 324 g/mol. The summed E-state index contributed by atoms with van der Waals surface area (Å²) in [5.41, 5.74) is 0.745. The molecule has 0 atom stereocenters. The second kappa shape index (κ2) is 6.56. The van der Waals surface area contributed by atoms with Crippen LogP contribution in [0.15, 0.2) is 30.0 Å². The lowest BCUT2D eigenvalue weighted by Gasteiger charge is -2.35. The fraction of sp³-hybridized carbons (Fsp3) is 0.375. The normalized spacial score (nSPS) is 15.2. The number of aromatic amines is 1. The number of anilines is 1. The van der Waals surface area contributed by atoms with Gasteiger partial charge >= 0.3 is 0 Å². The van der Waals surface area contributed by atoms with E-state index in [9.17, 15) is 4.79 Å². The summed E-state index contributed by atoms with van der Waals surface area (Å²) in [6.45, 7) is 3.02. The van der Waals surface area contributed by atoms with Gasteiger partial charge in [-0.2, -0.15) is 5.10 Å². The van der Waals surface area contributed by atoms with E-state index in [1.807, 2.05) is 11.0 Å². The molecule has 0 spiro atoms. The average Bonchev–Trinajstić information content (AvgIpc) is 3.31. The van der Waals surface area contributed by atoms with Crippen molar-refractivity contribution in [2.24, 2.45) is 0 Å². The third kappa shape index (κ3) is 2.96. The molecular formula is C16H18N6OS. The predicted molar refractivity (Wildman–Crippen MR) is 93.1 cm³/mol. The number of amides is 1. The summed E-state index contributed by atoms with van der Waals surface area (Å²) in [5.74, 6) is 1.12. The van der Waals surface area contributed by atoms with Gasteiger partial charge in [0.25, 0.3) is 0 Å². The summed E-state index contributed by atoms with van der Waals surface area (Å²) in [6, 6.07) is 4.11. The van der Waals surface area contributed by atoms with Gasteiger partial charge in [-0.1, -0.05) is 6.07 Å². The number of carbonyl (C=O) groups excluding carboxylic acids is 1. The Bertz CT molecular complexity index is 822. The number of fused-ring (bicyclic) bond motifs is 1. The molecule has 0 aliphatic carbocycles. The van der Waals surface area contributed by atoms with Crippen LogP contribution in [-0.4, -0.2) is 57.2 Å². The van der Waals surface area contributed by atoms with Crippen LogP contribution in [0.4, 0.5) is 5.82 Å². The standard InChI is InChI=1S/C16H18N6OS/c23-14(4-3-12-2-1-9-24-12)21-5-7-22(8-6-21)16-13-10-19-20-15(13)17-11-18-16/h1-2,9-11H,3-8H2,(H,17,18,19,20). The first kappa shape index (κ1) is 15.1. The Morgan fingerprint density at radius 2 is 2.12 bits per heavy atom. The molecule has 3 aromatic rings. The first-order valence-corrected chi connectivity index (χ1v) is 8.88. The molecule has 24 heavy (non-hydrogen) atoms. The Hall–Kier alpha value is -2.48. The van der Waals surface area contributed by atoms with Gasteiger partial charge in [0.1, 0.15) is 12.1 Å². The molecule has 1 fully saturated rings. The average molecular weight is 342 g/mol. The van der Waals surface area contributed by atoms with Crippen LogP contribution in [0.25, 0.3) is 11.0 Å². The second-order valence-electron chi connectivity index (χ2n) is 5.78. The van der Waals surface area contributed by atoms with Crippen LogP contribution < -0.4 is 4.90 Å². The molecule has 8 heteroatoms. The Labute approximate surface area is 143 Å². The number of rotatable bonds is 4. The maximum atomic E-state index is 12.4. The lowest BCUT2D eigenvalue weighted by Crippen LogP contribution is -2.49. The number of piperazine rings is 1. The third-order valence-corrected chi connectivity index (χ3v) is 5.26. The van der Waals surface area contributed by atoms with Gasteiger partial charge in [-0.05, 0) is 17.9 Å². The van der Waals surface area contributed by atoms with E-state index in [4.69, 9.17) is 0 Å². The van der Waals surface area contributed by atoms with E-state index in [0.29, 0.717) is 6.42 Å². The van der Waals surface area contributed by atoms with E-state index in [-0.39, 0.29) is 5.91 Å². The number of H-pyrrole nitrogens is 1. The summed E-state index contributed by atoms with van der Waals surface area (Å²) in [6.07, 6.45) is 4.72.